The quantitative estimate of drug-likeness (QED) is 0.0823. The third kappa shape index (κ3) is 8.29. The summed E-state index contributed by atoms with van der Waals surface area (Å²) >= 11 is 0. The third-order valence-electron chi connectivity index (χ3n) is 10.9. The first-order valence-corrected chi connectivity index (χ1v) is 22.6. The van der Waals surface area contributed by atoms with Crippen molar-refractivity contribution in [3.05, 3.63) is 200 Å². The van der Waals surface area contributed by atoms with Gasteiger partial charge in [-0.05, 0) is 91.0 Å². The highest BCUT2D eigenvalue weighted by atomic mass is 32.2. The average molecular weight is 941 g/mol. The molecule has 0 amide bonds. The van der Waals surface area contributed by atoms with Crippen molar-refractivity contribution in [1.82, 2.24) is 0 Å². The van der Waals surface area contributed by atoms with Gasteiger partial charge in [-0.1, -0.05) is 164 Å². The predicted molar refractivity (Wildman–Crippen MR) is 241 cm³/mol. The van der Waals surface area contributed by atoms with Crippen molar-refractivity contribution in [3.63, 3.8) is 0 Å². The highest BCUT2D eigenvalue weighted by Gasteiger charge is 2.83. The first-order valence-electron chi connectivity index (χ1n) is 20.0. The molecular weight excluding hydrogens is 908 g/mol. The van der Waals surface area contributed by atoms with E-state index in [2.05, 4.69) is 200 Å². The fourth-order valence-electron chi connectivity index (χ4n) is 7.80. The SMILES string of the molecule is O=S(=O)([O-])C(F)(F)C(F)(F)C(F)(F)C(F)(F)F.c1ccc([S+](c2ccccc2)c2c(-c3cccc4ccccc34)cc(-c3cccc4ccccc34)cc2-c2cccc3ccccc23)cc1. The van der Waals surface area contributed by atoms with Crippen LogP contribution in [0.2, 0.25) is 0 Å². The van der Waals surface area contributed by atoms with Crippen LogP contribution in [0.25, 0.3) is 65.7 Å². The summed E-state index contributed by atoms with van der Waals surface area (Å²) in [6, 6.07) is 73.7. The van der Waals surface area contributed by atoms with E-state index in [0.717, 1.165) is 0 Å². The topological polar surface area (TPSA) is 57.2 Å². The molecule has 0 aliphatic heterocycles. The van der Waals surface area contributed by atoms with Gasteiger partial charge in [-0.2, -0.15) is 39.5 Å². The van der Waals surface area contributed by atoms with Crippen LogP contribution in [0.15, 0.2) is 215 Å². The van der Waals surface area contributed by atoms with Gasteiger partial charge < -0.3 is 4.55 Å². The summed E-state index contributed by atoms with van der Waals surface area (Å²) in [5.74, 6) is -14.8. The molecule has 0 bridgehead atoms. The molecule has 66 heavy (non-hydrogen) atoms. The largest absolute Gasteiger partial charge is 0.743 e. The molecule has 0 aliphatic carbocycles. The Bertz CT molecular complexity index is 3170. The highest BCUT2D eigenvalue weighted by Crippen LogP contribution is 2.54. The van der Waals surface area contributed by atoms with Crippen molar-refractivity contribution < 1.29 is 52.5 Å². The number of alkyl halides is 9. The standard InChI is InChI=1S/C48H33S.C4HF9O3S/c1-3-22-38(23-4-1)49(39-24-5-2-6-25-39)48-46(44-30-14-20-35-17-8-11-27-41(35)44)32-37(43-29-13-19-34-16-7-10-26-40(34)43)33-47(48)45-31-15-21-36-18-9-12-28-42(36)45;5-1(6,3(9,10)11)2(7,8)4(12,13)17(14,15)16/h1-33H;(H,14,15,16)/q+1;/p-1. The molecule has 0 aliphatic rings. The summed E-state index contributed by atoms with van der Waals surface area (Å²) in [7, 11) is -7.83. The molecule has 334 valence electrons. The molecule has 9 aromatic rings. The lowest BCUT2D eigenvalue weighted by molar-refractivity contribution is -0.382. The second kappa shape index (κ2) is 17.6. The van der Waals surface area contributed by atoms with Gasteiger partial charge in [0.2, 0.25) is 0 Å². The molecule has 9 aromatic carbocycles. The van der Waals surface area contributed by atoms with Crippen LogP contribution in [0.5, 0.6) is 0 Å². The molecule has 0 heterocycles. The van der Waals surface area contributed by atoms with Crippen molar-refractivity contribution >= 4 is 53.3 Å². The van der Waals surface area contributed by atoms with E-state index in [0.29, 0.717) is 0 Å². The first kappa shape index (κ1) is 45.9. The molecule has 0 spiro atoms. The van der Waals surface area contributed by atoms with Crippen molar-refractivity contribution in [1.29, 1.82) is 0 Å². The molecule has 0 aromatic heterocycles. The van der Waals surface area contributed by atoms with E-state index in [1.165, 1.54) is 80.4 Å². The van der Waals surface area contributed by atoms with Gasteiger partial charge in [-0.25, -0.2) is 8.42 Å². The highest BCUT2D eigenvalue weighted by molar-refractivity contribution is 7.97. The summed E-state index contributed by atoms with van der Waals surface area (Å²) in [5, 5.41) is 0.398. The Morgan fingerprint density at radius 3 is 1.09 bits per heavy atom. The first-order chi connectivity index (χ1) is 31.3. The maximum atomic E-state index is 12.2. The van der Waals surface area contributed by atoms with Crippen LogP contribution in [-0.4, -0.2) is 36.2 Å². The third-order valence-corrected chi connectivity index (χ3v) is 14.2. The van der Waals surface area contributed by atoms with Crippen LogP contribution in [0.3, 0.4) is 0 Å². The van der Waals surface area contributed by atoms with Crippen LogP contribution in [0.4, 0.5) is 39.5 Å². The zero-order valence-electron chi connectivity index (χ0n) is 34.0. The lowest BCUT2D eigenvalue weighted by Gasteiger charge is -2.34. The van der Waals surface area contributed by atoms with Crippen molar-refractivity contribution in [2.45, 2.75) is 38.0 Å². The minimum absolute atomic E-state index is 0.416. The van der Waals surface area contributed by atoms with E-state index in [1.807, 2.05) is 0 Å². The molecule has 0 saturated heterocycles. The molecule has 0 radical (unpaired) electrons. The van der Waals surface area contributed by atoms with Crippen LogP contribution < -0.4 is 0 Å². The van der Waals surface area contributed by atoms with Gasteiger partial charge in [0, 0.05) is 11.1 Å². The fraction of sp³-hybridized carbons (Fsp3) is 0.0769. The van der Waals surface area contributed by atoms with Crippen molar-refractivity contribution in [2.75, 3.05) is 0 Å². The smallest absolute Gasteiger partial charge is 0.460 e. The molecule has 0 saturated carbocycles. The maximum Gasteiger partial charge on any atom is 0.460 e. The zero-order valence-corrected chi connectivity index (χ0v) is 35.6. The van der Waals surface area contributed by atoms with E-state index < -0.39 is 44.3 Å². The Morgan fingerprint density at radius 2 is 0.712 bits per heavy atom. The lowest BCUT2D eigenvalue weighted by atomic mass is 9.88. The molecule has 0 atom stereocenters. The Hall–Kier alpha value is -6.61. The van der Waals surface area contributed by atoms with Crippen LogP contribution in [0, 0.1) is 0 Å². The summed E-state index contributed by atoms with van der Waals surface area (Å²) < 4.78 is 135. The Kier molecular flexibility index (Phi) is 12.3. The summed E-state index contributed by atoms with van der Waals surface area (Å²) in [6.07, 6.45) is -7.16. The minimum atomic E-state index is -7.43. The second-order valence-corrected chi connectivity index (χ2v) is 18.4. The normalized spacial score (nSPS) is 12.7. The van der Waals surface area contributed by atoms with Gasteiger partial charge in [-0.3, -0.25) is 0 Å². The number of hydrogen-bond acceptors (Lipinski definition) is 3. The summed E-state index contributed by atoms with van der Waals surface area (Å²) in [5.41, 5.74) is 7.49. The molecule has 0 fully saturated rings. The molecule has 0 N–H and O–H groups in total. The maximum absolute atomic E-state index is 12.2. The molecule has 0 unspecified atom stereocenters. The summed E-state index contributed by atoms with van der Waals surface area (Å²) in [4.78, 5) is 3.94. The predicted octanol–water partition coefficient (Wildman–Crippen LogP) is 15.2. The van der Waals surface area contributed by atoms with Gasteiger partial charge >= 0.3 is 23.3 Å². The molecular formula is C52H33F9O3S2. The van der Waals surface area contributed by atoms with E-state index in [4.69, 9.17) is 0 Å². The zero-order chi connectivity index (χ0) is 47.1. The Balaban J connectivity index is 0.000000298. The van der Waals surface area contributed by atoms with Crippen LogP contribution >= 0.6 is 0 Å². The molecule has 14 heteroatoms. The van der Waals surface area contributed by atoms with E-state index in [1.54, 1.807) is 0 Å². The van der Waals surface area contributed by atoms with Crippen LogP contribution in [0.1, 0.15) is 0 Å². The van der Waals surface area contributed by atoms with Gasteiger partial charge in [0.25, 0.3) is 0 Å². The van der Waals surface area contributed by atoms with E-state index in [-0.39, 0.29) is 0 Å². The fourth-order valence-corrected chi connectivity index (χ4v) is 10.6. The number of rotatable bonds is 9. The monoisotopic (exact) mass is 940 g/mol. The van der Waals surface area contributed by atoms with Crippen molar-refractivity contribution in [2.24, 2.45) is 0 Å². The number of fused-ring (bicyclic) bond motifs is 3. The van der Waals surface area contributed by atoms with Crippen molar-refractivity contribution in [3.8, 4) is 33.4 Å². The summed E-state index contributed by atoms with van der Waals surface area (Å²) in [6.45, 7) is 0. The average Bonchev–Trinajstić information content (AvgIpc) is 3.31. The number of hydrogen-bond donors (Lipinski definition) is 0. The minimum Gasteiger partial charge on any atom is -0.743 e. The molecule has 3 nitrogen and oxygen atoms in total. The van der Waals surface area contributed by atoms with Gasteiger partial charge in [-0.15, -0.1) is 0 Å². The van der Waals surface area contributed by atoms with Gasteiger partial charge in [0.1, 0.15) is 10.9 Å². The second-order valence-electron chi connectivity index (χ2n) is 15.0. The van der Waals surface area contributed by atoms with E-state index in [9.17, 15) is 52.5 Å². The number of halogens is 9. The Labute approximate surface area is 375 Å². The Morgan fingerprint density at radius 1 is 0.379 bits per heavy atom. The van der Waals surface area contributed by atoms with Gasteiger partial charge in [0.15, 0.2) is 24.8 Å². The van der Waals surface area contributed by atoms with E-state index >= 15 is 0 Å². The molecule has 9 rings (SSSR count). The number of benzene rings is 9. The van der Waals surface area contributed by atoms with Gasteiger partial charge in [0.05, 0.1) is 0 Å². The lowest BCUT2D eigenvalue weighted by Crippen LogP contribution is -2.63. The van der Waals surface area contributed by atoms with Crippen LogP contribution in [-0.2, 0) is 21.0 Å².